The van der Waals surface area contributed by atoms with Crippen LogP contribution in [0.3, 0.4) is 0 Å². The summed E-state index contributed by atoms with van der Waals surface area (Å²) in [5.41, 5.74) is 12.9. The van der Waals surface area contributed by atoms with Gasteiger partial charge in [0.05, 0.1) is 46.5 Å². The number of benzene rings is 1. The largest absolute Gasteiger partial charge is 0.461 e. The Kier molecular flexibility index (Phi) is 7.01. The molecule has 3 aliphatic rings. The molecule has 0 radical (unpaired) electrons. The van der Waals surface area contributed by atoms with Crippen LogP contribution >= 0.6 is 0 Å². The molecular weight excluding hydrogens is 527 g/mol. The summed E-state index contributed by atoms with van der Waals surface area (Å²) in [6, 6.07) is 2.06. The molecule has 3 heterocycles. The summed E-state index contributed by atoms with van der Waals surface area (Å²) < 4.78 is 55.0. The number of aromatic nitrogens is 1. The monoisotopic (exact) mass is 562 g/mol. The second kappa shape index (κ2) is 9.90. The number of hydrogen-bond acceptors (Lipinski definition) is 8. The number of carbonyl (C=O) groups is 2. The number of sulfone groups is 1. The van der Waals surface area contributed by atoms with Crippen molar-refractivity contribution in [2.24, 2.45) is 16.9 Å². The Bertz CT molecular complexity index is 1440. The van der Waals surface area contributed by atoms with E-state index in [9.17, 15) is 18.0 Å². The third kappa shape index (κ3) is 5.17. The van der Waals surface area contributed by atoms with E-state index in [-0.39, 0.29) is 47.3 Å². The lowest BCUT2D eigenvalue weighted by Gasteiger charge is -2.32. The molecule has 12 heteroatoms. The first kappa shape index (κ1) is 27.6. The highest BCUT2D eigenvalue weighted by Crippen LogP contribution is 2.44. The highest BCUT2D eigenvalue weighted by atomic mass is 32.2. The molecule has 2 aliphatic heterocycles. The third-order valence-electron chi connectivity index (χ3n) is 7.72. The molecule has 0 bridgehead atoms. The average molecular weight is 563 g/mol. The topological polar surface area (TPSA) is 156 Å². The maximum absolute atomic E-state index is 15.5. The van der Waals surface area contributed by atoms with Gasteiger partial charge >= 0.3 is 5.97 Å². The van der Waals surface area contributed by atoms with Crippen LogP contribution in [0.5, 0.6) is 0 Å². The SMILES string of the molecule is C[C@H](N)C(=O)OC1CCC(Nc2cc(-n3c4c(c5c3CC(C)(C)CS5(=O)=O)COC4)cc(F)c2C(N)=O)CC1. The average Bonchev–Trinajstić information content (AvgIpc) is 3.38. The molecule has 0 saturated heterocycles. The summed E-state index contributed by atoms with van der Waals surface area (Å²) in [4.78, 5) is 24.4. The third-order valence-corrected chi connectivity index (χ3v) is 9.98. The van der Waals surface area contributed by atoms with Crippen LogP contribution in [0.1, 0.15) is 73.8 Å². The molecule has 5 N–H and O–H groups in total. The van der Waals surface area contributed by atoms with Crippen molar-refractivity contribution in [2.45, 2.75) is 89.2 Å². The molecule has 1 atom stereocenters. The van der Waals surface area contributed by atoms with Crippen LogP contribution in [0.25, 0.3) is 5.69 Å². The fourth-order valence-corrected chi connectivity index (χ4v) is 8.44. The van der Waals surface area contributed by atoms with Gasteiger partial charge < -0.3 is 30.8 Å². The number of primary amides is 1. The predicted molar refractivity (Wildman–Crippen MR) is 142 cm³/mol. The zero-order valence-corrected chi connectivity index (χ0v) is 23.2. The van der Waals surface area contributed by atoms with E-state index < -0.39 is 39.0 Å². The molecule has 10 nitrogen and oxygen atoms in total. The van der Waals surface area contributed by atoms with Gasteiger partial charge in [0.2, 0.25) is 0 Å². The normalized spacial score (nSPS) is 23.9. The standard InChI is InChI=1S/C27H35FN4O6S/c1-14(29)26(34)38-17-6-4-15(5-7-17)31-20-9-16(8-19(28)23(20)25(30)33)32-21-10-27(2,3)13-39(35,36)24(21)18-11-37-12-22(18)32/h8-9,14-15,17,31H,4-7,10-13,29H2,1-3H3,(H2,30,33)/t14-,15?,17?/m0/s1. The van der Waals surface area contributed by atoms with E-state index in [1.165, 1.54) is 6.07 Å². The molecule has 1 aromatic carbocycles. The molecule has 5 rings (SSSR count). The van der Waals surface area contributed by atoms with Gasteiger partial charge in [-0.3, -0.25) is 9.59 Å². The molecule has 1 fully saturated rings. The van der Waals surface area contributed by atoms with Crippen molar-refractivity contribution in [2.75, 3.05) is 11.1 Å². The summed E-state index contributed by atoms with van der Waals surface area (Å²) >= 11 is 0. The highest BCUT2D eigenvalue weighted by molar-refractivity contribution is 7.91. The van der Waals surface area contributed by atoms with Gasteiger partial charge in [-0.2, -0.15) is 0 Å². The maximum Gasteiger partial charge on any atom is 0.322 e. The Morgan fingerprint density at radius 3 is 2.51 bits per heavy atom. The van der Waals surface area contributed by atoms with Gasteiger partial charge in [-0.05, 0) is 56.6 Å². The number of nitrogens with zero attached hydrogens (tertiary/aromatic N) is 1. The minimum absolute atomic E-state index is 0.0212. The van der Waals surface area contributed by atoms with Gasteiger partial charge in [-0.1, -0.05) is 13.8 Å². The number of halogens is 1. The van der Waals surface area contributed by atoms with E-state index in [0.717, 1.165) is 0 Å². The minimum atomic E-state index is -3.57. The Hall–Kier alpha value is -2.96. The molecule has 1 aliphatic carbocycles. The minimum Gasteiger partial charge on any atom is -0.461 e. The number of carbonyl (C=O) groups excluding carboxylic acids is 2. The van der Waals surface area contributed by atoms with E-state index in [4.69, 9.17) is 20.9 Å². The van der Waals surface area contributed by atoms with Crippen molar-refractivity contribution in [3.63, 3.8) is 0 Å². The van der Waals surface area contributed by atoms with Crippen LogP contribution in [-0.4, -0.2) is 48.8 Å². The highest BCUT2D eigenvalue weighted by Gasteiger charge is 2.43. The van der Waals surface area contributed by atoms with E-state index in [0.29, 0.717) is 54.7 Å². The van der Waals surface area contributed by atoms with Crippen molar-refractivity contribution in [1.82, 2.24) is 4.57 Å². The number of amides is 1. The number of ether oxygens (including phenoxy) is 2. The fourth-order valence-electron chi connectivity index (χ4n) is 6.09. The molecular formula is C27H35FN4O6S. The lowest BCUT2D eigenvalue weighted by molar-refractivity contribution is -0.151. The quantitative estimate of drug-likeness (QED) is 0.454. The number of fused-ring (bicyclic) bond motifs is 3. The Balaban J connectivity index is 1.51. The zero-order chi connectivity index (χ0) is 28.3. The Labute approximate surface area is 227 Å². The number of anilines is 1. The van der Waals surface area contributed by atoms with E-state index >= 15 is 4.39 Å². The number of hydrogen-bond donors (Lipinski definition) is 3. The van der Waals surface area contributed by atoms with Crippen molar-refractivity contribution in [3.8, 4) is 5.69 Å². The summed E-state index contributed by atoms with van der Waals surface area (Å²) in [5.74, 6) is -2.13. The number of rotatable bonds is 6. The number of esters is 1. The van der Waals surface area contributed by atoms with Crippen molar-refractivity contribution in [3.05, 3.63) is 40.5 Å². The van der Waals surface area contributed by atoms with Crippen LogP contribution in [0.15, 0.2) is 17.0 Å². The number of nitrogens with two attached hydrogens (primary N) is 2. The smallest absolute Gasteiger partial charge is 0.322 e. The van der Waals surface area contributed by atoms with Crippen LogP contribution in [0.2, 0.25) is 0 Å². The van der Waals surface area contributed by atoms with Gasteiger partial charge in [0.15, 0.2) is 9.84 Å². The fraction of sp³-hybridized carbons (Fsp3) is 0.556. The molecule has 0 spiro atoms. The first-order valence-corrected chi connectivity index (χ1v) is 14.8. The zero-order valence-electron chi connectivity index (χ0n) is 22.4. The van der Waals surface area contributed by atoms with E-state index in [2.05, 4.69) is 5.32 Å². The summed E-state index contributed by atoms with van der Waals surface area (Å²) in [5, 5.41) is 3.28. The van der Waals surface area contributed by atoms with E-state index in [1.807, 2.05) is 13.8 Å². The van der Waals surface area contributed by atoms with Gasteiger partial charge in [0, 0.05) is 17.3 Å². The molecule has 212 valence electrons. The van der Waals surface area contributed by atoms with Gasteiger partial charge in [-0.15, -0.1) is 0 Å². The van der Waals surface area contributed by atoms with Crippen LogP contribution in [-0.2, 0) is 43.7 Å². The molecule has 1 aromatic heterocycles. The van der Waals surface area contributed by atoms with Crippen molar-refractivity contribution in [1.29, 1.82) is 0 Å². The molecule has 0 unspecified atom stereocenters. The molecule has 1 saturated carbocycles. The first-order chi connectivity index (χ1) is 18.3. The lowest BCUT2D eigenvalue weighted by Crippen LogP contribution is -2.36. The van der Waals surface area contributed by atoms with Crippen LogP contribution < -0.4 is 16.8 Å². The maximum atomic E-state index is 15.5. The molecule has 1 amide bonds. The summed E-state index contributed by atoms with van der Waals surface area (Å²) in [6.07, 6.45) is 2.66. The van der Waals surface area contributed by atoms with Crippen molar-refractivity contribution >= 4 is 27.4 Å². The van der Waals surface area contributed by atoms with Crippen LogP contribution in [0.4, 0.5) is 10.1 Å². The predicted octanol–water partition coefficient (Wildman–Crippen LogP) is 2.71. The first-order valence-electron chi connectivity index (χ1n) is 13.2. The molecule has 2 aromatic rings. The van der Waals surface area contributed by atoms with Gasteiger partial charge in [0.25, 0.3) is 5.91 Å². The van der Waals surface area contributed by atoms with Crippen LogP contribution in [0, 0.1) is 11.2 Å². The molecule has 39 heavy (non-hydrogen) atoms. The van der Waals surface area contributed by atoms with Crippen molar-refractivity contribution < 1.29 is 31.9 Å². The summed E-state index contributed by atoms with van der Waals surface area (Å²) in [6.45, 7) is 5.75. The van der Waals surface area contributed by atoms with Gasteiger partial charge in [0.1, 0.15) is 18.0 Å². The Morgan fingerprint density at radius 1 is 1.18 bits per heavy atom. The van der Waals surface area contributed by atoms with Gasteiger partial charge in [-0.25, -0.2) is 12.8 Å². The summed E-state index contributed by atoms with van der Waals surface area (Å²) in [7, 11) is -3.57. The number of nitrogens with one attached hydrogen (secondary N) is 1. The van der Waals surface area contributed by atoms with E-state index in [1.54, 1.807) is 17.6 Å². The lowest BCUT2D eigenvalue weighted by atomic mass is 9.89. The second-order valence-electron chi connectivity index (χ2n) is 11.7. The second-order valence-corrected chi connectivity index (χ2v) is 13.6. The Morgan fingerprint density at radius 2 is 1.87 bits per heavy atom.